The van der Waals surface area contributed by atoms with Crippen LogP contribution in [0.5, 0.6) is 17.2 Å². The molecule has 0 spiro atoms. The highest BCUT2D eigenvalue weighted by Gasteiger charge is 2.34. The fourth-order valence-corrected chi connectivity index (χ4v) is 5.72. The normalized spacial score (nSPS) is 17.5. The maximum atomic E-state index is 15.3. The Hall–Kier alpha value is -4.06. The topological polar surface area (TPSA) is 134 Å². The van der Waals surface area contributed by atoms with Crippen LogP contribution >= 0.6 is 12.4 Å². The van der Waals surface area contributed by atoms with Gasteiger partial charge in [0, 0.05) is 37.2 Å². The van der Waals surface area contributed by atoms with E-state index in [9.17, 15) is 14.7 Å². The minimum atomic E-state index is -1.12. The minimum Gasteiger partial charge on any atom is -0.493 e. The first-order valence-corrected chi connectivity index (χ1v) is 14.3. The molecule has 0 bridgehead atoms. The smallest absolute Gasteiger partial charge is 0.353 e. The lowest BCUT2D eigenvalue weighted by Crippen LogP contribution is -2.31. The van der Waals surface area contributed by atoms with Crippen LogP contribution in [0.2, 0.25) is 0 Å². The number of nitrogens with one attached hydrogen (secondary N) is 1. The molecule has 0 amide bonds. The number of amidine groups is 1. The zero-order valence-electron chi connectivity index (χ0n) is 25.5. The number of fused-ring (bicyclic) bond motifs is 1. The van der Waals surface area contributed by atoms with Crippen molar-refractivity contribution in [3.8, 4) is 17.2 Å². The molecule has 0 aliphatic carbocycles. The van der Waals surface area contributed by atoms with Crippen molar-refractivity contribution in [2.75, 3.05) is 45.4 Å². The molecule has 2 aromatic carbocycles. The number of methoxy groups -OCH3 is 2. The molecule has 2 N–H and O–H groups in total. The van der Waals surface area contributed by atoms with Crippen LogP contribution in [0.15, 0.2) is 23.4 Å². The Bertz CT molecular complexity index is 1500. The maximum Gasteiger partial charge on any atom is 0.353 e. The van der Waals surface area contributed by atoms with Crippen LogP contribution < -0.4 is 19.1 Å². The van der Waals surface area contributed by atoms with Crippen molar-refractivity contribution in [3.63, 3.8) is 0 Å². The number of aliphatic carboxylic acids is 1. The molecule has 1 unspecified atom stereocenters. The van der Waals surface area contributed by atoms with E-state index in [4.69, 9.17) is 24.5 Å². The fraction of sp³-hybridized carbons (Fsp3) is 0.484. The Morgan fingerprint density at radius 2 is 1.84 bits per heavy atom. The third-order valence-corrected chi connectivity index (χ3v) is 7.98. The van der Waals surface area contributed by atoms with Gasteiger partial charge in [-0.1, -0.05) is 25.9 Å². The molecule has 11 nitrogen and oxygen atoms in total. The van der Waals surface area contributed by atoms with E-state index in [1.807, 2.05) is 32.9 Å². The SMILES string of the molecule is COc1cc2c(c(F)c1OC)C(=N)N(CC(=O)c1cc(N3CCCC3)c(OCC3CC(C(=O)O)=NO3)c(C(C)(C)C)c1)C2.Cl. The summed E-state index contributed by atoms with van der Waals surface area (Å²) in [7, 11) is 2.76. The molecule has 3 heterocycles. The molecule has 0 radical (unpaired) electrons. The van der Waals surface area contributed by atoms with Crippen molar-refractivity contribution in [1.82, 2.24) is 4.90 Å². The second-order valence-electron chi connectivity index (χ2n) is 12.0. The highest BCUT2D eigenvalue weighted by molar-refractivity contribution is 6.35. The average molecular weight is 633 g/mol. The number of carboxylic acids is 1. The molecule has 238 valence electrons. The average Bonchev–Trinajstić information content (AvgIpc) is 3.72. The van der Waals surface area contributed by atoms with Crippen molar-refractivity contribution in [2.24, 2.45) is 5.16 Å². The molecule has 3 aliphatic rings. The van der Waals surface area contributed by atoms with Crippen LogP contribution in [0, 0.1) is 11.2 Å². The number of anilines is 1. The van der Waals surface area contributed by atoms with Gasteiger partial charge in [0.05, 0.1) is 32.0 Å². The summed E-state index contributed by atoms with van der Waals surface area (Å²) in [5, 5.41) is 21.6. The second kappa shape index (κ2) is 12.9. The standard InChI is InChI=1S/C31H37FN4O7.ClH/c1-31(2,3)20-10-17(23(37)15-36-14-18-12-24(40-4)28(41-5)26(32)25(18)29(36)33)11-22(35-8-6-7-9-35)27(20)42-16-19-13-21(30(38)39)34-43-19;/h10-12,19,33H,6-9,13-16H2,1-5H3,(H,38,39);1H. The monoisotopic (exact) mass is 632 g/mol. The highest BCUT2D eigenvalue weighted by atomic mass is 35.5. The number of nitrogens with zero attached hydrogens (tertiary/aromatic N) is 3. The van der Waals surface area contributed by atoms with E-state index in [-0.39, 0.29) is 72.9 Å². The van der Waals surface area contributed by atoms with Gasteiger partial charge in [-0.25, -0.2) is 9.18 Å². The molecule has 1 atom stereocenters. The molecule has 0 aromatic heterocycles. The Morgan fingerprint density at radius 3 is 2.43 bits per heavy atom. The molecule has 1 saturated heterocycles. The van der Waals surface area contributed by atoms with E-state index in [0.717, 1.165) is 37.2 Å². The summed E-state index contributed by atoms with van der Waals surface area (Å²) < 4.78 is 32.1. The van der Waals surface area contributed by atoms with Gasteiger partial charge in [-0.3, -0.25) is 10.2 Å². The number of halogens is 2. The summed E-state index contributed by atoms with van der Waals surface area (Å²) in [5.41, 5.74) is 2.26. The van der Waals surface area contributed by atoms with Gasteiger partial charge >= 0.3 is 5.97 Å². The van der Waals surface area contributed by atoms with E-state index in [0.29, 0.717) is 16.9 Å². The highest BCUT2D eigenvalue weighted by Crippen LogP contribution is 2.42. The van der Waals surface area contributed by atoms with Crippen LogP contribution in [0.3, 0.4) is 0 Å². The lowest BCUT2D eigenvalue weighted by Gasteiger charge is -2.30. The third-order valence-electron chi connectivity index (χ3n) is 7.98. The van der Waals surface area contributed by atoms with E-state index < -0.39 is 23.3 Å². The van der Waals surface area contributed by atoms with Crippen molar-refractivity contribution in [3.05, 3.63) is 46.3 Å². The van der Waals surface area contributed by atoms with Gasteiger partial charge in [0.15, 0.2) is 34.9 Å². The van der Waals surface area contributed by atoms with E-state index in [1.165, 1.54) is 14.2 Å². The maximum absolute atomic E-state index is 15.3. The van der Waals surface area contributed by atoms with Gasteiger partial charge in [-0.05, 0) is 42.0 Å². The largest absolute Gasteiger partial charge is 0.493 e. The first kappa shape index (κ1) is 32.8. The summed E-state index contributed by atoms with van der Waals surface area (Å²) in [6.45, 7) is 7.87. The summed E-state index contributed by atoms with van der Waals surface area (Å²) >= 11 is 0. The van der Waals surface area contributed by atoms with E-state index >= 15 is 4.39 Å². The minimum absolute atomic E-state index is 0. The quantitative estimate of drug-likeness (QED) is 0.355. The number of hydrogen-bond donors (Lipinski definition) is 2. The van der Waals surface area contributed by atoms with Crippen LogP contribution in [0.1, 0.15) is 67.1 Å². The predicted octanol–water partition coefficient (Wildman–Crippen LogP) is 4.79. The van der Waals surface area contributed by atoms with Gasteiger partial charge in [0.1, 0.15) is 18.2 Å². The number of hydrogen-bond acceptors (Lipinski definition) is 9. The second-order valence-corrected chi connectivity index (χ2v) is 12.0. The number of ketones is 1. The number of carbonyl (C=O) groups excluding carboxylic acids is 1. The lowest BCUT2D eigenvalue weighted by atomic mass is 9.84. The molecular formula is C31H38ClFN4O7. The predicted molar refractivity (Wildman–Crippen MR) is 165 cm³/mol. The van der Waals surface area contributed by atoms with Crippen LogP contribution in [-0.2, 0) is 21.6 Å². The van der Waals surface area contributed by atoms with Crippen LogP contribution in [-0.4, -0.2) is 79.9 Å². The zero-order valence-corrected chi connectivity index (χ0v) is 26.3. The number of carbonyl (C=O) groups is 2. The molecule has 0 saturated carbocycles. The van der Waals surface area contributed by atoms with Gasteiger partial charge < -0.3 is 34.0 Å². The summed E-state index contributed by atoms with van der Waals surface area (Å²) in [4.78, 5) is 34.1. The Morgan fingerprint density at radius 1 is 1.14 bits per heavy atom. The Balaban J connectivity index is 0.00000442. The van der Waals surface area contributed by atoms with Crippen molar-refractivity contribution in [2.45, 2.75) is 58.1 Å². The van der Waals surface area contributed by atoms with Crippen molar-refractivity contribution in [1.29, 1.82) is 5.41 Å². The lowest BCUT2D eigenvalue weighted by molar-refractivity contribution is -0.129. The van der Waals surface area contributed by atoms with Crippen LogP contribution in [0.4, 0.5) is 10.1 Å². The van der Waals surface area contributed by atoms with Crippen molar-refractivity contribution < 1.29 is 38.1 Å². The molecular weight excluding hydrogens is 595 g/mol. The number of Topliss-reactive ketones (excluding diaryl/α,β-unsaturated/α-hetero) is 1. The van der Waals surface area contributed by atoms with E-state index in [1.54, 1.807) is 11.0 Å². The van der Waals surface area contributed by atoms with Gasteiger partial charge in [-0.15, -0.1) is 12.4 Å². The number of rotatable bonds is 10. The number of benzene rings is 2. The number of ether oxygens (including phenoxy) is 3. The summed E-state index contributed by atoms with van der Waals surface area (Å²) in [5.74, 6) is -1.32. The Labute approximate surface area is 261 Å². The number of carboxylic acid groups (broad SMARTS) is 1. The molecule has 2 aromatic rings. The molecule has 13 heteroatoms. The van der Waals surface area contributed by atoms with E-state index in [2.05, 4.69) is 10.1 Å². The first-order chi connectivity index (χ1) is 20.4. The molecule has 5 rings (SSSR count). The fourth-order valence-electron chi connectivity index (χ4n) is 5.72. The summed E-state index contributed by atoms with van der Waals surface area (Å²) in [6, 6.07) is 5.29. The first-order valence-electron chi connectivity index (χ1n) is 14.3. The molecule has 3 aliphatic heterocycles. The van der Waals surface area contributed by atoms with Gasteiger partial charge in [-0.2, -0.15) is 0 Å². The molecule has 44 heavy (non-hydrogen) atoms. The van der Waals surface area contributed by atoms with Gasteiger partial charge in [0.25, 0.3) is 0 Å². The van der Waals surface area contributed by atoms with Gasteiger partial charge in [0.2, 0.25) is 0 Å². The molecule has 1 fully saturated rings. The number of oxime groups is 1. The summed E-state index contributed by atoms with van der Waals surface area (Å²) in [6.07, 6.45) is 1.61. The van der Waals surface area contributed by atoms with Crippen molar-refractivity contribution >= 4 is 41.4 Å². The third kappa shape index (κ3) is 6.26. The zero-order chi connectivity index (χ0) is 31.1. The van der Waals surface area contributed by atoms with Crippen LogP contribution in [0.25, 0.3) is 0 Å². The Kier molecular flexibility index (Phi) is 9.62.